The van der Waals surface area contributed by atoms with Crippen LogP contribution in [0.25, 0.3) is 0 Å². The fourth-order valence-corrected chi connectivity index (χ4v) is 3.97. The van der Waals surface area contributed by atoms with Gasteiger partial charge in [0, 0.05) is 19.8 Å². The summed E-state index contributed by atoms with van der Waals surface area (Å²) in [5, 5.41) is 6.06. The number of rotatable bonds is 8. The molecule has 0 saturated carbocycles. The molecule has 3 aromatic carbocycles. The Morgan fingerprint density at radius 2 is 1.59 bits per heavy atom. The Balaban J connectivity index is 1.88. The topological polar surface area (TPSA) is 95.6 Å². The predicted octanol–water partition coefficient (Wildman–Crippen LogP) is 2.84. The largest absolute Gasteiger partial charge is 0.373 e. The highest BCUT2D eigenvalue weighted by molar-refractivity contribution is 7.89. The molecule has 152 valence electrons. The molecule has 0 bridgehead atoms. The predicted molar refractivity (Wildman–Crippen MR) is 115 cm³/mol. The summed E-state index contributed by atoms with van der Waals surface area (Å²) in [7, 11) is -0.717. The molecule has 3 aromatic rings. The van der Waals surface area contributed by atoms with Crippen molar-refractivity contribution in [1.29, 1.82) is 0 Å². The first-order valence-electron chi connectivity index (χ1n) is 9.20. The minimum absolute atomic E-state index is 0.0939. The van der Waals surface area contributed by atoms with Crippen molar-refractivity contribution in [3.05, 3.63) is 80.6 Å². The molecule has 3 rings (SSSR count). The Bertz CT molecular complexity index is 1180. The van der Waals surface area contributed by atoms with Gasteiger partial charge in [0.25, 0.3) is 10.9 Å². The van der Waals surface area contributed by atoms with Crippen molar-refractivity contribution in [3.63, 3.8) is 0 Å². The van der Waals surface area contributed by atoms with Crippen molar-refractivity contribution in [3.8, 4) is 0 Å². The van der Waals surface area contributed by atoms with Crippen LogP contribution in [-0.2, 0) is 10.0 Å². The van der Waals surface area contributed by atoms with Crippen molar-refractivity contribution in [2.45, 2.75) is 24.3 Å². The lowest BCUT2D eigenvalue weighted by atomic mass is 10.0. The highest BCUT2D eigenvalue weighted by Crippen LogP contribution is 2.28. The van der Waals surface area contributed by atoms with Crippen molar-refractivity contribution in [1.82, 2.24) is 4.31 Å². The maximum atomic E-state index is 12.3. The number of nitrogens with zero attached hydrogens (tertiary/aromatic N) is 1. The quantitative estimate of drug-likeness (QED) is 0.552. The van der Waals surface area contributed by atoms with Gasteiger partial charge >= 0.3 is 0 Å². The van der Waals surface area contributed by atoms with Gasteiger partial charge in [0.15, 0.2) is 0 Å². The molecule has 2 N–H and O–H groups in total. The van der Waals surface area contributed by atoms with Gasteiger partial charge < -0.3 is 10.6 Å². The fraction of sp³-hybridized carbons (Fsp3) is 0.238. The van der Waals surface area contributed by atoms with Crippen LogP contribution in [0.1, 0.15) is 24.9 Å². The van der Waals surface area contributed by atoms with Gasteiger partial charge in [-0.25, -0.2) is 12.7 Å². The Morgan fingerprint density at radius 3 is 2.21 bits per heavy atom. The van der Waals surface area contributed by atoms with Crippen LogP contribution < -0.4 is 21.5 Å². The number of nitrogens with one attached hydrogen (secondary N) is 2. The highest BCUT2D eigenvalue weighted by atomic mass is 32.2. The molecule has 0 fully saturated rings. The van der Waals surface area contributed by atoms with Crippen LogP contribution in [0.5, 0.6) is 0 Å². The van der Waals surface area contributed by atoms with Crippen LogP contribution >= 0.6 is 0 Å². The van der Waals surface area contributed by atoms with Gasteiger partial charge in [0.05, 0.1) is 10.9 Å². The lowest BCUT2D eigenvalue weighted by molar-refractivity contribution is 0.521. The molecule has 0 spiro atoms. The molecule has 0 aromatic heterocycles. The summed E-state index contributed by atoms with van der Waals surface area (Å²) in [6.45, 7) is 1.98. The Labute approximate surface area is 169 Å². The molecule has 0 aliphatic carbocycles. The first-order chi connectivity index (χ1) is 13.8. The molecule has 0 aliphatic rings. The van der Waals surface area contributed by atoms with E-state index in [1.807, 2.05) is 37.3 Å². The average molecular weight is 413 g/mol. The van der Waals surface area contributed by atoms with Crippen LogP contribution in [0.15, 0.2) is 69.1 Å². The van der Waals surface area contributed by atoms with E-state index in [9.17, 15) is 18.0 Å². The van der Waals surface area contributed by atoms with Gasteiger partial charge in [0.2, 0.25) is 10.0 Å². The number of hydrogen-bond acceptors (Lipinski definition) is 6. The lowest BCUT2D eigenvalue weighted by Crippen LogP contribution is -2.37. The van der Waals surface area contributed by atoms with Crippen molar-refractivity contribution in [2.75, 3.05) is 24.7 Å². The molecule has 0 radical (unpaired) electrons. The van der Waals surface area contributed by atoms with Crippen LogP contribution in [0, 0.1) is 0 Å². The summed E-state index contributed by atoms with van der Waals surface area (Å²) in [6, 6.07) is 15.7. The van der Waals surface area contributed by atoms with E-state index in [0.717, 1.165) is 16.3 Å². The molecule has 0 unspecified atom stereocenters. The summed E-state index contributed by atoms with van der Waals surface area (Å²) in [4.78, 5) is 24.4. The van der Waals surface area contributed by atoms with E-state index in [1.54, 1.807) is 12.1 Å². The number of benzene rings is 2. The van der Waals surface area contributed by atoms with Crippen LogP contribution in [0.3, 0.4) is 0 Å². The zero-order chi connectivity index (χ0) is 21.2. The third-order valence-electron chi connectivity index (χ3n) is 4.72. The average Bonchev–Trinajstić information content (AvgIpc) is 2.73. The summed E-state index contributed by atoms with van der Waals surface area (Å²) in [5.41, 5.74) is 0.564. The fourth-order valence-electron chi connectivity index (χ4n) is 3.02. The van der Waals surface area contributed by atoms with Crippen LogP contribution in [-0.4, -0.2) is 26.8 Å². The van der Waals surface area contributed by atoms with E-state index in [-0.39, 0.29) is 22.3 Å². The number of sulfonamides is 1. The first kappa shape index (κ1) is 20.8. The van der Waals surface area contributed by atoms with E-state index >= 15 is 0 Å². The van der Waals surface area contributed by atoms with Crippen molar-refractivity contribution in [2.24, 2.45) is 0 Å². The number of hydrogen-bond donors (Lipinski definition) is 2. The third kappa shape index (κ3) is 4.08. The summed E-state index contributed by atoms with van der Waals surface area (Å²) in [5.74, 6) is 0. The van der Waals surface area contributed by atoms with Gasteiger partial charge in [-0.3, -0.25) is 9.59 Å². The third-order valence-corrected chi connectivity index (χ3v) is 6.53. The van der Waals surface area contributed by atoms with E-state index in [0.29, 0.717) is 5.69 Å². The second kappa shape index (κ2) is 8.18. The molecule has 0 saturated heterocycles. The highest BCUT2D eigenvalue weighted by Gasteiger charge is 2.24. The molecule has 0 heterocycles. The molecule has 29 heavy (non-hydrogen) atoms. The zero-order valence-corrected chi connectivity index (χ0v) is 17.3. The standard InChI is InChI=1S/C21H23N3O4S/c1-4-17(14-9-6-5-7-10-14)23-19-18(20(25)21(19)26)22-15-11-8-12-16(13-15)29(27,28)24(2)3/h5-13,17,22-23H,4H2,1-3H3/t17-/m1/s1. The monoisotopic (exact) mass is 413 g/mol. The van der Waals surface area contributed by atoms with E-state index < -0.39 is 20.9 Å². The van der Waals surface area contributed by atoms with Gasteiger partial charge in [-0.15, -0.1) is 0 Å². The van der Waals surface area contributed by atoms with Crippen molar-refractivity contribution >= 4 is 27.1 Å². The first-order valence-corrected chi connectivity index (χ1v) is 10.6. The minimum Gasteiger partial charge on any atom is -0.373 e. The van der Waals surface area contributed by atoms with Gasteiger partial charge in [-0.2, -0.15) is 0 Å². The molecular weight excluding hydrogens is 390 g/mol. The van der Waals surface area contributed by atoms with Crippen LogP contribution in [0.4, 0.5) is 17.1 Å². The maximum Gasteiger partial charge on any atom is 0.253 e. The Hall–Kier alpha value is -2.97. The SMILES string of the molecule is CC[C@@H](Nc1c(Nc2cccc(S(=O)(=O)N(C)C)c2)c(=O)c1=O)c1ccccc1. The summed E-state index contributed by atoms with van der Waals surface area (Å²) < 4.78 is 25.8. The zero-order valence-electron chi connectivity index (χ0n) is 16.5. The second-order valence-electron chi connectivity index (χ2n) is 6.86. The van der Waals surface area contributed by atoms with Crippen molar-refractivity contribution < 1.29 is 8.42 Å². The Morgan fingerprint density at radius 1 is 0.931 bits per heavy atom. The molecule has 7 nitrogen and oxygen atoms in total. The summed E-state index contributed by atoms with van der Waals surface area (Å²) in [6.07, 6.45) is 0.721. The minimum atomic E-state index is -3.61. The smallest absolute Gasteiger partial charge is 0.253 e. The van der Waals surface area contributed by atoms with Gasteiger partial charge in [-0.05, 0) is 30.2 Å². The molecule has 8 heteroatoms. The lowest BCUT2D eigenvalue weighted by Gasteiger charge is -2.22. The van der Waals surface area contributed by atoms with E-state index in [1.165, 1.54) is 26.2 Å². The summed E-state index contributed by atoms with van der Waals surface area (Å²) >= 11 is 0. The second-order valence-corrected chi connectivity index (χ2v) is 9.02. The maximum absolute atomic E-state index is 12.3. The number of anilines is 3. The normalized spacial score (nSPS) is 12.8. The van der Waals surface area contributed by atoms with E-state index in [4.69, 9.17) is 0 Å². The van der Waals surface area contributed by atoms with Gasteiger partial charge in [0.1, 0.15) is 11.4 Å². The molecular formula is C21H23N3O4S. The molecule has 1 atom stereocenters. The van der Waals surface area contributed by atoms with E-state index in [2.05, 4.69) is 10.6 Å². The van der Waals surface area contributed by atoms with Gasteiger partial charge in [-0.1, -0.05) is 43.3 Å². The Kier molecular flexibility index (Phi) is 5.86. The molecule has 0 aliphatic heterocycles. The molecule has 0 amide bonds. The van der Waals surface area contributed by atoms with Crippen LogP contribution in [0.2, 0.25) is 0 Å².